The fourth-order valence-corrected chi connectivity index (χ4v) is 3.71. The third-order valence-corrected chi connectivity index (χ3v) is 5.36. The summed E-state index contributed by atoms with van der Waals surface area (Å²) in [5.74, 6) is -0.218. The molecule has 1 aliphatic rings. The first-order chi connectivity index (χ1) is 13.7. The maximum absolute atomic E-state index is 13.0. The molecule has 0 atom stereocenters. The van der Waals surface area contributed by atoms with Gasteiger partial charge < -0.3 is 15.4 Å². The lowest BCUT2D eigenvalue weighted by molar-refractivity contribution is 0.0640. The van der Waals surface area contributed by atoms with Crippen LogP contribution in [-0.4, -0.2) is 58.9 Å². The first-order valence-corrected chi connectivity index (χ1v) is 9.42. The third-order valence-electron chi connectivity index (χ3n) is 5.36. The van der Waals surface area contributed by atoms with Crippen LogP contribution in [0.15, 0.2) is 48.7 Å². The van der Waals surface area contributed by atoms with Crippen molar-refractivity contribution in [1.29, 1.82) is 5.26 Å². The number of nitrogens with one attached hydrogen (secondary N) is 1. The van der Waals surface area contributed by atoms with Crippen molar-refractivity contribution in [2.75, 3.05) is 32.7 Å². The Kier molecular flexibility index (Phi) is 6.27. The van der Waals surface area contributed by atoms with Crippen molar-refractivity contribution >= 4 is 16.8 Å². The van der Waals surface area contributed by atoms with Gasteiger partial charge in [-0.25, -0.2) is 4.39 Å². The minimum absolute atomic E-state index is 0. The topological polar surface area (TPSA) is 94.6 Å². The molecule has 2 aromatic carbocycles. The molecule has 2 heterocycles. The van der Waals surface area contributed by atoms with Crippen molar-refractivity contribution in [1.82, 2.24) is 14.8 Å². The van der Waals surface area contributed by atoms with Gasteiger partial charge in [-0.3, -0.25) is 9.69 Å². The number of nitriles is 1. The average molecular weight is 394 g/mol. The van der Waals surface area contributed by atoms with Crippen LogP contribution in [0, 0.1) is 17.1 Å². The smallest absolute Gasteiger partial charge is 0.256 e. The Morgan fingerprint density at radius 3 is 2.52 bits per heavy atom. The van der Waals surface area contributed by atoms with E-state index in [4.69, 9.17) is 0 Å². The predicted molar refractivity (Wildman–Crippen MR) is 109 cm³/mol. The van der Waals surface area contributed by atoms with E-state index >= 15 is 0 Å². The lowest BCUT2D eigenvalue weighted by atomic mass is 10.1. The molecule has 7 heteroatoms. The summed E-state index contributed by atoms with van der Waals surface area (Å²) in [5, 5.41) is 9.97. The van der Waals surface area contributed by atoms with E-state index in [1.165, 1.54) is 12.1 Å². The molecular weight excluding hydrogens is 371 g/mol. The highest BCUT2D eigenvalue weighted by atomic mass is 19.1. The van der Waals surface area contributed by atoms with Gasteiger partial charge in [0.25, 0.3) is 5.91 Å². The van der Waals surface area contributed by atoms with E-state index < -0.39 is 0 Å². The maximum Gasteiger partial charge on any atom is 0.256 e. The predicted octanol–water partition coefficient (Wildman–Crippen LogP) is 2.35. The van der Waals surface area contributed by atoms with Gasteiger partial charge >= 0.3 is 0 Å². The first-order valence-electron chi connectivity index (χ1n) is 9.42. The van der Waals surface area contributed by atoms with Crippen LogP contribution in [-0.2, 0) is 6.42 Å². The molecule has 0 saturated carbocycles. The number of para-hydroxylation sites is 1. The highest BCUT2D eigenvalue weighted by Gasteiger charge is 2.24. The van der Waals surface area contributed by atoms with E-state index in [2.05, 4.69) is 16.0 Å². The number of halogens is 1. The molecule has 1 aromatic heterocycles. The van der Waals surface area contributed by atoms with Crippen LogP contribution in [0.4, 0.5) is 4.39 Å². The first kappa shape index (κ1) is 20.5. The van der Waals surface area contributed by atoms with E-state index in [0.29, 0.717) is 24.2 Å². The van der Waals surface area contributed by atoms with Gasteiger partial charge in [0.05, 0.1) is 16.6 Å². The highest BCUT2D eigenvalue weighted by Crippen LogP contribution is 2.23. The Balaban J connectivity index is 0.00000240. The number of aromatic nitrogens is 1. The Morgan fingerprint density at radius 1 is 1.10 bits per heavy atom. The number of hydrogen-bond donors (Lipinski definition) is 1. The van der Waals surface area contributed by atoms with E-state index in [-0.39, 0.29) is 17.2 Å². The zero-order valence-electron chi connectivity index (χ0n) is 16.0. The lowest BCUT2D eigenvalue weighted by Gasteiger charge is -2.34. The Hall–Kier alpha value is -3.21. The molecule has 0 aliphatic carbocycles. The molecule has 3 aromatic rings. The maximum atomic E-state index is 13.0. The number of carbonyl (C=O) groups is 1. The fraction of sp³-hybridized carbons (Fsp3) is 0.273. The van der Waals surface area contributed by atoms with Gasteiger partial charge in [-0.05, 0) is 30.2 Å². The molecule has 1 saturated heterocycles. The molecule has 4 rings (SSSR count). The number of H-pyrrole nitrogens is 1. The second-order valence-electron chi connectivity index (χ2n) is 7.05. The van der Waals surface area contributed by atoms with Crippen molar-refractivity contribution in [2.24, 2.45) is 0 Å². The van der Waals surface area contributed by atoms with Gasteiger partial charge in [0.15, 0.2) is 0 Å². The molecule has 1 fully saturated rings. The summed E-state index contributed by atoms with van der Waals surface area (Å²) in [6.45, 7) is 3.87. The third kappa shape index (κ3) is 4.29. The van der Waals surface area contributed by atoms with Gasteiger partial charge in [-0.2, -0.15) is 5.26 Å². The van der Waals surface area contributed by atoms with Gasteiger partial charge in [-0.15, -0.1) is 0 Å². The van der Waals surface area contributed by atoms with Crippen molar-refractivity contribution in [3.63, 3.8) is 0 Å². The van der Waals surface area contributed by atoms with E-state index in [1.807, 2.05) is 35.2 Å². The summed E-state index contributed by atoms with van der Waals surface area (Å²) in [5.41, 5.74) is 3.00. The van der Waals surface area contributed by atoms with Crippen molar-refractivity contribution in [3.8, 4) is 6.07 Å². The van der Waals surface area contributed by atoms with Crippen molar-refractivity contribution < 1.29 is 14.7 Å². The Morgan fingerprint density at radius 2 is 1.83 bits per heavy atom. The normalized spacial score (nSPS) is 14.4. The van der Waals surface area contributed by atoms with Gasteiger partial charge in [0.1, 0.15) is 11.9 Å². The van der Waals surface area contributed by atoms with Crippen LogP contribution in [0.5, 0.6) is 0 Å². The molecular formula is C22H23FN4O2. The number of aromatic amines is 1. The number of amides is 1. The van der Waals surface area contributed by atoms with E-state index in [0.717, 1.165) is 42.5 Å². The molecule has 1 amide bonds. The van der Waals surface area contributed by atoms with Crippen LogP contribution in [0.3, 0.4) is 0 Å². The number of hydrogen-bond acceptors (Lipinski definition) is 3. The van der Waals surface area contributed by atoms with Crippen LogP contribution in [0.1, 0.15) is 21.5 Å². The van der Waals surface area contributed by atoms with Crippen LogP contribution < -0.4 is 0 Å². The molecule has 3 N–H and O–H groups in total. The highest BCUT2D eigenvalue weighted by molar-refractivity contribution is 6.06. The minimum Gasteiger partial charge on any atom is -0.412 e. The molecule has 0 spiro atoms. The summed E-state index contributed by atoms with van der Waals surface area (Å²) in [6, 6.07) is 14.3. The van der Waals surface area contributed by atoms with Gasteiger partial charge in [-0.1, -0.05) is 24.3 Å². The minimum atomic E-state index is -0.213. The van der Waals surface area contributed by atoms with Crippen molar-refractivity contribution in [3.05, 3.63) is 71.2 Å². The fourth-order valence-electron chi connectivity index (χ4n) is 3.71. The average Bonchev–Trinajstić information content (AvgIpc) is 3.16. The number of piperazine rings is 1. The molecule has 0 unspecified atom stereocenters. The monoisotopic (exact) mass is 394 g/mol. The second-order valence-corrected chi connectivity index (χ2v) is 7.05. The quantitative estimate of drug-likeness (QED) is 0.736. The summed E-state index contributed by atoms with van der Waals surface area (Å²) in [4.78, 5) is 20.3. The van der Waals surface area contributed by atoms with Crippen LogP contribution in [0.25, 0.3) is 10.9 Å². The molecule has 0 bridgehead atoms. The Labute approximate surface area is 168 Å². The summed E-state index contributed by atoms with van der Waals surface area (Å²) < 4.78 is 13.0. The molecule has 1 aliphatic heterocycles. The number of carbonyl (C=O) groups excluding carboxylic acids is 1. The van der Waals surface area contributed by atoms with Crippen molar-refractivity contribution in [2.45, 2.75) is 6.42 Å². The Bertz CT molecular complexity index is 1030. The summed E-state index contributed by atoms with van der Waals surface area (Å²) >= 11 is 0. The largest absolute Gasteiger partial charge is 0.412 e. The number of fused-ring (bicyclic) bond motifs is 1. The zero-order chi connectivity index (χ0) is 19.5. The van der Waals surface area contributed by atoms with E-state index in [1.54, 1.807) is 6.20 Å². The van der Waals surface area contributed by atoms with E-state index in [9.17, 15) is 14.4 Å². The molecule has 6 nitrogen and oxygen atoms in total. The number of rotatable bonds is 4. The second kappa shape index (κ2) is 8.86. The zero-order valence-corrected chi connectivity index (χ0v) is 16.0. The lowest BCUT2D eigenvalue weighted by Crippen LogP contribution is -2.49. The van der Waals surface area contributed by atoms with Crippen LogP contribution >= 0.6 is 0 Å². The number of nitrogens with zero attached hydrogens (tertiary/aromatic N) is 3. The molecule has 0 radical (unpaired) electrons. The molecule has 150 valence electrons. The number of benzene rings is 2. The van der Waals surface area contributed by atoms with Crippen LogP contribution in [0.2, 0.25) is 0 Å². The van der Waals surface area contributed by atoms with Gasteiger partial charge in [0.2, 0.25) is 0 Å². The molecule has 29 heavy (non-hydrogen) atoms. The van der Waals surface area contributed by atoms with Gasteiger partial charge in [0, 0.05) is 44.3 Å². The SMILES string of the molecule is N#Cc1c[nH]c2c(C(=O)N3CCN(CCc4ccc(F)cc4)CC3)cccc12.O. The standard InChI is InChI=1S/C22H21FN4O.H2O/c23-18-6-4-16(5-7-18)8-9-26-10-12-27(13-11-26)22(28)20-3-1-2-19-17(14-24)15-25-21(19)20;/h1-7,15,25H,8-13H2;1H2. The summed E-state index contributed by atoms with van der Waals surface area (Å²) in [7, 11) is 0. The summed E-state index contributed by atoms with van der Waals surface area (Å²) in [6.07, 6.45) is 2.52.